The Labute approximate surface area is 230 Å². The third kappa shape index (κ3) is 6.77. The smallest absolute Gasteiger partial charge is 0.322 e. The van der Waals surface area contributed by atoms with Gasteiger partial charge in [-0.15, -0.1) is 5.92 Å². The number of carboxylic acid groups (broad SMARTS) is 1. The predicted molar refractivity (Wildman–Crippen MR) is 145 cm³/mol. The van der Waals surface area contributed by atoms with E-state index in [1.807, 2.05) is 0 Å². The molecule has 0 amide bonds. The van der Waals surface area contributed by atoms with Crippen molar-refractivity contribution >= 4 is 26.9 Å². The van der Waals surface area contributed by atoms with Crippen molar-refractivity contribution in [3.05, 3.63) is 89.6 Å². The number of rotatable bonds is 11. The summed E-state index contributed by atoms with van der Waals surface area (Å²) in [4.78, 5) is 12.0. The van der Waals surface area contributed by atoms with Crippen molar-refractivity contribution in [2.45, 2.75) is 30.8 Å². The Morgan fingerprint density at radius 1 is 1.05 bits per heavy atom. The summed E-state index contributed by atoms with van der Waals surface area (Å²) in [5, 5.41) is 10.5. The second kappa shape index (κ2) is 12.2. The zero-order chi connectivity index (χ0) is 28.9. The molecule has 0 aliphatic heterocycles. The van der Waals surface area contributed by atoms with E-state index in [1.165, 1.54) is 43.5 Å². The molecule has 0 fully saturated rings. The van der Waals surface area contributed by atoms with Crippen LogP contribution in [0.5, 0.6) is 11.5 Å². The number of nitrogens with zero attached hydrogens (tertiary/aromatic N) is 1. The summed E-state index contributed by atoms with van der Waals surface area (Å²) >= 11 is 0. The molecule has 1 heterocycles. The van der Waals surface area contributed by atoms with Crippen LogP contribution in [0.3, 0.4) is 0 Å². The summed E-state index contributed by atoms with van der Waals surface area (Å²) in [5.41, 5.74) is 1.51. The fraction of sp³-hybridized carbons (Fsp3) is 0.207. The molecule has 0 aliphatic carbocycles. The van der Waals surface area contributed by atoms with Gasteiger partial charge in [0.25, 0.3) is 0 Å². The third-order valence-corrected chi connectivity index (χ3v) is 7.57. The van der Waals surface area contributed by atoms with E-state index in [4.69, 9.17) is 9.47 Å². The van der Waals surface area contributed by atoms with Gasteiger partial charge in [0.2, 0.25) is 10.0 Å². The number of hydrogen-bond donors (Lipinski definition) is 2. The molecule has 0 aliphatic rings. The van der Waals surface area contributed by atoms with Crippen LogP contribution >= 0.6 is 0 Å². The lowest BCUT2D eigenvalue weighted by Gasteiger charge is -2.15. The van der Waals surface area contributed by atoms with Crippen molar-refractivity contribution in [2.24, 2.45) is 0 Å². The highest BCUT2D eigenvalue weighted by atomic mass is 32.2. The number of carboxylic acids is 1. The maximum absolute atomic E-state index is 13.8. The fourth-order valence-electron chi connectivity index (χ4n) is 4.23. The summed E-state index contributed by atoms with van der Waals surface area (Å²) < 4.78 is 68.4. The van der Waals surface area contributed by atoms with Gasteiger partial charge in [-0.1, -0.05) is 5.92 Å². The zero-order valence-corrected chi connectivity index (χ0v) is 22.5. The minimum absolute atomic E-state index is 0.0965. The van der Waals surface area contributed by atoms with Crippen molar-refractivity contribution < 1.29 is 36.6 Å². The average molecular weight is 569 g/mol. The van der Waals surface area contributed by atoms with E-state index in [-0.39, 0.29) is 24.5 Å². The second-order valence-corrected chi connectivity index (χ2v) is 10.6. The topological polar surface area (TPSA) is 107 Å². The first-order valence-electron chi connectivity index (χ1n) is 12.1. The number of fused-ring (bicyclic) bond motifs is 1. The second-order valence-electron chi connectivity index (χ2n) is 8.85. The van der Waals surface area contributed by atoms with Crippen LogP contribution in [0.4, 0.5) is 8.78 Å². The van der Waals surface area contributed by atoms with Gasteiger partial charge in [0, 0.05) is 36.1 Å². The lowest BCUT2D eigenvalue weighted by molar-refractivity contribution is -0.138. The van der Waals surface area contributed by atoms with Gasteiger partial charge in [0.05, 0.1) is 12.0 Å². The molecule has 4 rings (SSSR count). The number of carbonyl (C=O) groups is 1. The molecule has 40 heavy (non-hydrogen) atoms. The van der Waals surface area contributed by atoms with E-state index >= 15 is 0 Å². The highest BCUT2D eigenvalue weighted by molar-refractivity contribution is 7.89. The average Bonchev–Trinajstić information content (AvgIpc) is 3.23. The van der Waals surface area contributed by atoms with Gasteiger partial charge in [0.1, 0.15) is 35.8 Å². The molecular weight excluding hydrogens is 542 g/mol. The Morgan fingerprint density at radius 2 is 1.73 bits per heavy atom. The number of aromatic nitrogens is 1. The van der Waals surface area contributed by atoms with Gasteiger partial charge in [0.15, 0.2) is 0 Å². The van der Waals surface area contributed by atoms with Gasteiger partial charge in [-0.2, -0.15) is 4.72 Å². The first-order chi connectivity index (χ1) is 19.1. The molecule has 8 nitrogen and oxygen atoms in total. The Kier molecular flexibility index (Phi) is 8.72. The molecule has 1 atom stereocenters. The number of aliphatic carboxylic acids is 1. The molecule has 1 aromatic heterocycles. The normalized spacial score (nSPS) is 12.0. The molecule has 0 radical (unpaired) electrons. The van der Waals surface area contributed by atoms with E-state index in [9.17, 15) is 27.1 Å². The number of halogens is 2. The number of methoxy groups -OCH3 is 1. The minimum atomic E-state index is -4.21. The first kappa shape index (κ1) is 28.6. The van der Waals surface area contributed by atoms with Crippen molar-refractivity contribution in [2.75, 3.05) is 13.7 Å². The fourth-order valence-corrected chi connectivity index (χ4v) is 5.42. The molecule has 0 saturated heterocycles. The molecule has 208 valence electrons. The summed E-state index contributed by atoms with van der Waals surface area (Å²) in [6, 6.07) is 12.3. The first-order valence-corrected chi connectivity index (χ1v) is 13.6. The van der Waals surface area contributed by atoms with Gasteiger partial charge in [-0.3, -0.25) is 4.79 Å². The minimum Gasteiger partial charge on any atom is -0.497 e. The Balaban J connectivity index is 1.63. The lowest BCUT2D eigenvalue weighted by atomic mass is 10.1. The van der Waals surface area contributed by atoms with E-state index in [1.54, 1.807) is 35.9 Å². The molecule has 0 saturated carbocycles. The van der Waals surface area contributed by atoms with Gasteiger partial charge >= 0.3 is 5.97 Å². The van der Waals surface area contributed by atoms with Gasteiger partial charge in [-0.25, -0.2) is 17.2 Å². The molecule has 0 bridgehead atoms. The van der Waals surface area contributed by atoms with Crippen LogP contribution in [0.25, 0.3) is 10.9 Å². The van der Waals surface area contributed by atoms with Crippen LogP contribution in [0.1, 0.15) is 18.1 Å². The molecule has 0 spiro atoms. The maximum atomic E-state index is 13.8. The van der Waals surface area contributed by atoms with E-state index < -0.39 is 33.7 Å². The van der Waals surface area contributed by atoms with Crippen LogP contribution in [0.2, 0.25) is 0 Å². The monoisotopic (exact) mass is 568 g/mol. The number of sulfonamides is 1. The molecule has 11 heteroatoms. The van der Waals surface area contributed by atoms with Gasteiger partial charge in [-0.05, 0) is 72.6 Å². The molecular formula is C29H26F2N2O6S. The lowest BCUT2D eigenvalue weighted by Crippen LogP contribution is -2.42. The standard InChI is InChI=1S/C29H26F2N2O6S/c1-3-4-11-39-23-5-8-25(9-6-23)40(36,37)32-27(29(34)35)14-20-18-33(17-19-12-21(30)15-22(31)13-19)28-10-7-24(38-2)16-26(20)28/h5-10,12-13,15-16,18,27,32H,11,14,17H2,1-2H3,(H,34,35)/t27-/m0/s1. The van der Waals surface area contributed by atoms with Gasteiger partial charge < -0.3 is 19.1 Å². The summed E-state index contributed by atoms with van der Waals surface area (Å²) in [5.74, 6) is 3.52. The van der Waals surface area contributed by atoms with Crippen LogP contribution in [-0.2, 0) is 27.8 Å². The quantitative estimate of drug-likeness (QED) is 0.261. The Hall–Kier alpha value is -4.40. The van der Waals surface area contributed by atoms with Crippen LogP contribution in [0.15, 0.2) is 71.8 Å². The highest BCUT2D eigenvalue weighted by Crippen LogP contribution is 2.28. The SMILES string of the molecule is CC#CCOc1ccc(S(=O)(=O)N[C@@H](Cc2cn(Cc3cc(F)cc(F)c3)c3ccc(OC)cc23)C(=O)O)cc1. The Bertz CT molecular complexity index is 1690. The van der Waals surface area contributed by atoms with E-state index in [0.717, 1.165) is 6.07 Å². The van der Waals surface area contributed by atoms with Crippen molar-refractivity contribution in [3.8, 4) is 23.3 Å². The summed E-state index contributed by atoms with van der Waals surface area (Å²) in [6.45, 7) is 1.91. The van der Waals surface area contributed by atoms with Crippen molar-refractivity contribution in [3.63, 3.8) is 0 Å². The largest absolute Gasteiger partial charge is 0.497 e. The zero-order valence-electron chi connectivity index (χ0n) is 21.6. The van der Waals surface area contributed by atoms with Crippen molar-refractivity contribution in [1.29, 1.82) is 0 Å². The maximum Gasteiger partial charge on any atom is 0.322 e. The molecule has 3 aromatic carbocycles. The highest BCUT2D eigenvalue weighted by Gasteiger charge is 2.27. The number of hydrogen-bond acceptors (Lipinski definition) is 5. The van der Waals surface area contributed by atoms with E-state index in [0.29, 0.717) is 33.5 Å². The number of nitrogens with one attached hydrogen (secondary N) is 1. The Morgan fingerprint density at radius 3 is 2.35 bits per heavy atom. The molecule has 0 unspecified atom stereocenters. The predicted octanol–water partition coefficient (Wildman–Crippen LogP) is 4.35. The number of benzene rings is 3. The van der Waals surface area contributed by atoms with Crippen LogP contribution < -0.4 is 14.2 Å². The molecule has 2 N–H and O–H groups in total. The van der Waals surface area contributed by atoms with Crippen molar-refractivity contribution in [1.82, 2.24) is 9.29 Å². The summed E-state index contributed by atoms with van der Waals surface area (Å²) in [6.07, 6.45) is 1.43. The van der Waals surface area contributed by atoms with Crippen LogP contribution in [0, 0.1) is 23.5 Å². The molecule has 4 aromatic rings. The third-order valence-electron chi connectivity index (χ3n) is 6.09. The van der Waals surface area contributed by atoms with E-state index in [2.05, 4.69) is 16.6 Å². The number of ether oxygens (including phenoxy) is 2. The summed E-state index contributed by atoms with van der Waals surface area (Å²) in [7, 11) is -2.73. The van der Waals surface area contributed by atoms with Crippen LogP contribution in [-0.4, -0.2) is 43.8 Å².